The molecule has 0 fully saturated rings. The Morgan fingerprint density at radius 2 is 2.17 bits per heavy atom. The molecule has 0 radical (unpaired) electrons. The van der Waals surface area contributed by atoms with Crippen LogP contribution in [0.25, 0.3) is 0 Å². The number of carbonyl (C=O) groups is 1. The number of hydrogen-bond acceptors (Lipinski definition) is 6. The van der Waals surface area contributed by atoms with Gasteiger partial charge in [0.15, 0.2) is 5.82 Å². The van der Waals surface area contributed by atoms with Gasteiger partial charge in [0, 0.05) is 27.6 Å². The van der Waals surface area contributed by atoms with Gasteiger partial charge in [-0.3, -0.25) is 4.68 Å². The molecule has 0 saturated heterocycles. The summed E-state index contributed by atoms with van der Waals surface area (Å²) in [6.07, 6.45) is 0.573. The molecule has 0 aromatic carbocycles. The first-order valence-corrected chi connectivity index (χ1v) is 7.25. The molecule has 0 unspecified atom stereocenters. The van der Waals surface area contributed by atoms with Crippen LogP contribution in [0.15, 0.2) is 4.52 Å². The van der Waals surface area contributed by atoms with E-state index in [1.807, 2.05) is 20.9 Å². The van der Waals surface area contributed by atoms with Gasteiger partial charge in [-0.1, -0.05) is 5.16 Å². The molecule has 2 amide bonds. The van der Waals surface area contributed by atoms with Crippen molar-refractivity contribution >= 4 is 11.7 Å². The highest BCUT2D eigenvalue weighted by atomic mass is 16.5. The first-order valence-electron chi connectivity index (χ1n) is 7.25. The number of rotatable bonds is 6. The Labute approximate surface area is 134 Å². The minimum atomic E-state index is -0.263. The van der Waals surface area contributed by atoms with Crippen molar-refractivity contribution in [2.24, 2.45) is 7.05 Å². The molecular weight excluding hydrogens is 300 g/mol. The SMILES string of the molecule is COCCc1noc(CN(C)C(=O)Nc2c(C)nn(C)c2C)n1. The largest absolute Gasteiger partial charge is 0.384 e. The van der Waals surface area contributed by atoms with Gasteiger partial charge in [-0.2, -0.15) is 10.1 Å². The van der Waals surface area contributed by atoms with E-state index < -0.39 is 0 Å². The third-order valence-corrected chi connectivity index (χ3v) is 3.50. The Kier molecular flexibility index (Phi) is 5.32. The molecule has 9 heteroatoms. The highest BCUT2D eigenvalue weighted by molar-refractivity contribution is 5.90. The van der Waals surface area contributed by atoms with Gasteiger partial charge in [0.2, 0.25) is 5.89 Å². The topological polar surface area (TPSA) is 98.3 Å². The van der Waals surface area contributed by atoms with Crippen molar-refractivity contribution in [2.45, 2.75) is 26.8 Å². The zero-order chi connectivity index (χ0) is 17.0. The standard InChI is InChI=1S/C14H22N6O3/c1-9-13(10(2)20(4)17-9)16-14(21)19(3)8-12-15-11(18-23-12)6-7-22-5/h6-8H2,1-5H3,(H,16,21). The average molecular weight is 322 g/mol. The number of carbonyl (C=O) groups excluding carboxylic acids is 1. The van der Waals surface area contributed by atoms with Crippen molar-refractivity contribution in [3.63, 3.8) is 0 Å². The highest BCUT2D eigenvalue weighted by Crippen LogP contribution is 2.18. The van der Waals surface area contributed by atoms with Crippen LogP contribution in [0.3, 0.4) is 0 Å². The van der Waals surface area contributed by atoms with E-state index in [1.54, 1.807) is 18.8 Å². The summed E-state index contributed by atoms with van der Waals surface area (Å²) in [5.41, 5.74) is 2.38. The summed E-state index contributed by atoms with van der Waals surface area (Å²) in [4.78, 5) is 18.0. The Bertz CT molecular complexity index is 678. The van der Waals surface area contributed by atoms with Gasteiger partial charge in [0.1, 0.15) is 6.54 Å². The smallest absolute Gasteiger partial charge is 0.322 e. The number of aryl methyl sites for hydroxylation is 2. The summed E-state index contributed by atoms with van der Waals surface area (Å²) < 4.78 is 11.8. The van der Waals surface area contributed by atoms with E-state index in [0.29, 0.717) is 24.7 Å². The maximum absolute atomic E-state index is 12.3. The molecule has 2 aromatic heterocycles. The van der Waals surface area contributed by atoms with Crippen molar-refractivity contribution in [2.75, 3.05) is 26.1 Å². The number of ether oxygens (including phenoxy) is 1. The van der Waals surface area contributed by atoms with Crippen molar-refractivity contribution in [1.82, 2.24) is 24.8 Å². The molecule has 2 heterocycles. The molecule has 0 atom stereocenters. The zero-order valence-corrected chi connectivity index (χ0v) is 14.1. The predicted octanol–water partition coefficient (Wildman–Crippen LogP) is 1.27. The van der Waals surface area contributed by atoms with E-state index in [0.717, 1.165) is 17.1 Å². The van der Waals surface area contributed by atoms with Crippen LogP contribution < -0.4 is 5.32 Å². The van der Waals surface area contributed by atoms with E-state index in [-0.39, 0.29) is 12.6 Å². The van der Waals surface area contributed by atoms with Crippen LogP contribution in [-0.4, -0.2) is 51.6 Å². The quantitative estimate of drug-likeness (QED) is 0.860. The third-order valence-electron chi connectivity index (χ3n) is 3.50. The van der Waals surface area contributed by atoms with Gasteiger partial charge in [0.05, 0.1) is 23.7 Å². The maximum Gasteiger partial charge on any atom is 0.322 e. The summed E-state index contributed by atoms with van der Waals surface area (Å²) >= 11 is 0. The normalized spacial score (nSPS) is 10.8. The molecule has 2 aromatic rings. The molecule has 23 heavy (non-hydrogen) atoms. The Balaban J connectivity index is 1.96. The van der Waals surface area contributed by atoms with Gasteiger partial charge in [-0.25, -0.2) is 4.79 Å². The van der Waals surface area contributed by atoms with Gasteiger partial charge < -0.3 is 19.5 Å². The summed E-state index contributed by atoms with van der Waals surface area (Å²) in [6.45, 7) is 4.50. The Morgan fingerprint density at radius 3 is 2.78 bits per heavy atom. The summed E-state index contributed by atoms with van der Waals surface area (Å²) in [6, 6.07) is -0.263. The molecule has 126 valence electrons. The number of anilines is 1. The second kappa shape index (κ2) is 7.23. The molecule has 0 saturated carbocycles. The number of amides is 2. The fourth-order valence-electron chi connectivity index (χ4n) is 2.08. The maximum atomic E-state index is 12.3. The minimum Gasteiger partial charge on any atom is -0.384 e. The Hall–Kier alpha value is -2.42. The van der Waals surface area contributed by atoms with Crippen LogP contribution in [-0.2, 0) is 24.8 Å². The number of nitrogens with one attached hydrogen (secondary N) is 1. The number of aromatic nitrogens is 4. The predicted molar refractivity (Wildman–Crippen MR) is 83.0 cm³/mol. The van der Waals surface area contributed by atoms with Crippen LogP contribution in [0.1, 0.15) is 23.1 Å². The number of nitrogens with zero attached hydrogens (tertiary/aromatic N) is 5. The van der Waals surface area contributed by atoms with E-state index in [4.69, 9.17) is 9.26 Å². The second-order valence-electron chi connectivity index (χ2n) is 5.30. The van der Waals surface area contributed by atoms with E-state index >= 15 is 0 Å². The Morgan fingerprint density at radius 1 is 1.43 bits per heavy atom. The molecule has 0 aliphatic heterocycles. The molecule has 0 aliphatic rings. The molecule has 0 aliphatic carbocycles. The van der Waals surface area contributed by atoms with Gasteiger partial charge in [-0.05, 0) is 13.8 Å². The first-order chi connectivity index (χ1) is 10.9. The summed E-state index contributed by atoms with van der Waals surface area (Å²) in [7, 11) is 5.11. The van der Waals surface area contributed by atoms with E-state index in [2.05, 4.69) is 20.6 Å². The molecule has 9 nitrogen and oxygen atoms in total. The summed E-state index contributed by atoms with van der Waals surface area (Å²) in [5.74, 6) is 0.947. The molecule has 2 rings (SSSR count). The molecule has 0 bridgehead atoms. The van der Waals surface area contributed by atoms with Crippen LogP contribution in [0.5, 0.6) is 0 Å². The van der Waals surface area contributed by atoms with Gasteiger partial charge >= 0.3 is 6.03 Å². The lowest BCUT2D eigenvalue weighted by Crippen LogP contribution is -2.31. The number of urea groups is 1. The minimum absolute atomic E-state index is 0.226. The van der Waals surface area contributed by atoms with Gasteiger partial charge in [0.25, 0.3) is 0 Å². The van der Waals surface area contributed by atoms with Crippen molar-refractivity contribution in [3.05, 3.63) is 23.1 Å². The van der Waals surface area contributed by atoms with Gasteiger partial charge in [-0.15, -0.1) is 0 Å². The van der Waals surface area contributed by atoms with Crippen molar-refractivity contribution in [1.29, 1.82) is 0 Å². The van der Waals surface area contributed by atoms with E-state index in [1.165, 1.54) is 4.90 Å². The number of hydrogen-bond donors (Lipinski definition) is 1. The monoisotopic (exact) mass is 322 g/mol. The van der Waals surface area contributed by atoms with Crippen LogP contribution >= 0.6 is 0 Å². The first kappa shape index (κ1) is 16.9. The lowest BCUT2D eigenvalue weighted by Gasteiger charge is -2.16. The third kappa shape index (κ3) is 4.07. The molecule has 0 spiro atoms. The zero-order valence-electron chi connectivity index (χ0n) is 14.1. The second-order valence-corrected chi connectivity index (χ2v) is 5.30. The van der Waals surface area contributed by atoms with Crippen molar-refractivity contribution in [3.8, 4) is 0 Å². The van der Waals surface area contributed by atoms with E-state index in [9.17, 15) is 4.79 Å². The van der Waals surface area contributed by atoms with Crippen LogP contribution in [0.2, 0.25) is 0 Å². The summed E-state index contributed by atoms with van der Waals surface area (Å²) in [5, 5.41) is 11.0. The lowest BCUT2D eigenvalue weighted by atomic mass is 10.3. The number of methoxy groups -OCH3 is 1. The fourth-order valence-corrected chi connectivity index (χ4v) is 2.08. The highest BCUT2D eigenvalue weighted by Gasteiger charge is 2.17. The lowest BCUT2D eigenvalue weighted by molar-refractivity contribution is 0.199. The molecular formula is C14H22N6O3. The van der Waals surface area contributed by atoms with Crippen LogP contribution in [0.4, 0.5) is 10.5 Å². The fraction of sp³-hybridized carbons (Fsp3) is 0.571. The van der Waals surface area contributed by atoms with Crippen molar-refractivity contribution < 1.29 is 14.1 Å². The van der Waals surface area contributed by atoms with Crippen LogP contribution in [0, 0.1) is 13.8 Å². The molecule has 1 N–H and O–H groups in total. The average Bonchev–Trinajstić information content (AvgIpc) is 3.05.